The maximum absolute atomic E-state index is 12.1. The van der Waals surface area contributed by atoms with E-state index >= 15 is 0 Å². The first kappa shape index (κ1) is 17.1. The Morgan fingerprint density at radius 1 is 1.23 bits per heavy atom. The third kappa shape index (κ3) is 4.90. The zero-order valence-corrected chi connectivity index (χ0v) is 14.9. The minimum Gasteiger partial charge on any atom is -0.481 e. The number of hydrogen-bond donors (Lipinski definition) is 1. The van der Waals surface area contributed by atoms with Crippen LogP contribution in [0, 0.1) is 0 Å². The van der Waals surface area contributed by atoms with Gasteiger partial charge in [-0.05, 0) is 48.9 Å². The maximum Gasteiger partial charge on any atom is 0.261 e. The molecule has 2 rings (SSSR count). The number of amides is 1. The van der Waals surface area contributed by atoms with Crippen molar-refractivity contribution in [3.8, 4) is 5.75 Å². The predicted molar refractivity (Wildman–Crippen MR) is 92.5 cm³/mol. The Labute approximate surface area is 147 Å². The first-order valence-electron chi connectivity index (χ1n) is 6.59. The molecule has 0 aliphatic carbocycles. The number of benzene rings is 2. The lowest BCUT2D eigenvalue weighted by molar-refractivity contribution is -0.127. The molecule has 1 atom stereocenters. The topological polar surface area (TPSA) is 38.3 Å². The van der Waals surface area contributed by atoms with E-state index < -0.39 is 6.10 Å². The van der Waals surface area contributed by atoms with Crippen LogP contribution in [0.3, 0.4) is 0 Å². The molecule has 0 aliphatic rings. The van der Waals surface area contributed by atoms with Crippen LogP contribution in [-0.4, -0.2) is 12.0 Å². The second kappa shape index (κ2) is 7.86. The van der Waals surface area contributed by atoms with Crippen LogP contribution in [0.15, 0.2) is 46.9 Å². The standard InChI is InChI=1S/C16H14BrCl2NO2/c1-10(22-14-6-3-12(17)4-7-14)16(21)20-9-11-2-5-13(18)8-15(11)19/h2-8,10H,9H2,1H3,(H,20,21)/t10-/m0/s1. The molecule has 0 radical (unpaired) electrons. The van der Waals surface area contributed by atoms with Gasteiger partial charge in [-0.15, -0.1) is 0 Å². The molecule has 2 aromatic rings. The van der Waals surface area contributed by atoms with Crippen LogP contribution in [0.2, 0.25) is 10.0 Å². The quantitative estimate of drug-likeness (QED) is 0.776. The molecular weight excluding hydrogens is 389 g/mol. The van der Waals surface area contributed by atoms with Gasteiger partial charge < -0.3 is 10.1 Å². The molecule has 0 aliphatic heterocycles. The molecule has 2 aromatic carbocycles. The summed E-state index contributed by atoms with van der Waals surface area (Å²) in [5.74, 6) is 0.421. The monoisotopic (exact) mass is 401 g/mol. The first-order valence-corrected chi connectivity index (χ1v) is 8.14. The van der Waals surface area contributed by atoms with Crippen molar-refractivity contribution < 1.29 is 9.53 Å². The van der Waals surface area contributed by atoms with E-state index in [2.05, 4.69) is 21.2 Å². The molecule has 1 N–H and O–H groups in total. The number of carbonyl (C=O) groups excluding carboxylic acids is 1. The number of halogens is 3. The lowest BCUT2D eigenvalue weighted by Gasteiger charge is -2.15. The molecule has 0 bridgehead atoms. The molecule has 1 amide bonds. The Morgan fingerprint density at radius 2 is 1.91 bits per heavy atom. The summed E-state index contributed by atoms with van der Waals surface area (Å²) in [6.07, 6.45) is -0.604. The normalized spacial score (nSPS) is 11.8. The Hall–Kier alpha value is -1.23. The van der Waals surface area contributed by atoms with Gasteiger partial charge in [-0.3, -0.25) is 4.79 Å². The van der Waals surface area contributed by atoms with Gasteiger partial charge in [0.05, 0.1) is 0 Å². The fourth-order valence-corrected chi connectivity index (χ4v) is 2.50. The summed E-state index contributed by atoms with van der Waals surface area (Å²) in [5, 5.41) is 3.87. The summed E-state index contributed by atoms with van der Waals surface area (Å²) in [7, 11) is 0. The van der Waals surface area contributed by atoms with E-state index in [4.69, 9.17) is 27.9 Å². The van der Waals surface area contributed by atoms with Crippen LogP contribution < -0.4 is 10.1 Å². The fourth-order valence-electron chi connectivity index (χ4n) is 1.76. The van der Waals surface area contributed by atoms with Gasteiger partial charge in [-0.2, -0.15) is 0 Å². The number of nitrogens with one attached hydrogen (secondary N) is 1. The number of ether oxygens (including phenoxy) is 1. The van der Waals surface area contributed by atoms with Crippen molar-refractivity contribution in [1.82, 2.24) is 5.32 Å². The maximum atomic E-state index is 12.1. The average Bonchev–Trinajstić information content (AvgIpc) is 2.48. The molecule has 3 nitrogen and oxygen atoms in total. The molecule has 0 fully saturated rings. The minimum atomic E-state index is -0.604. The van der Waals surface area contributed by atoms with E-state index in [1.807, 2.05) is 12.1 Å². The number of hydrogen-bond acceptors (Lipinski definition) is 2. The molecule has 6 heteroatoms. The van der Waals surface area contributed by atoms with Crippen LogP contribution in [-0.2, 0) is 11.3 Å². The minimum absolute atomic E-state index is 0.214. The SMILES string of the molecule is C[C@H](Oc1ccc(Br)cc1)C(=O)NCc1ccc(Cl)cc1Cl. The van der Waals surface area contributed by atoms with Crippen molar-refractivity contribution in [2.75, 3.05) is 0 Å². The van der Waals surface area contributed by atoms with E-state index in [1.165, 1.54) is 0 Å². The third-order valence-corrected chi connectivity index (χ3v) is 4.08. The second-order valence-electron chi connectivity index (χ2n) is 4.67. The lowest BCUT2D eigenvalue weighted by atomic mass is 10.2. The fraction of sp³-hybridized carbons (Fsp3) is 0.188. The summed E-state index contributed by atoms with van der Waals surface area (Å²) >= 11 is 15.2. The van der Waals surface area contributed by atoms with Crippen molar-refractivity contribution in [2.45, 2.75) is 19.6 Å². The largest absolute Gasteiger partial charge is 0.481 e. The Kier molecular flexibility index (Phi) is 6.12. The molecule has 0 saturated carbocycles. The highest BCUT2D eigenvalue weighted by Gasteiger charge is 2.14. The zero-order chi connectivity index (χ0) is 16.1. The first-order chi connectivity index (χ1) is 10.5. The highest BCUT2D eigenvalue weighted by molar-refractivity contribution is 9.10. The van der Waals surface area contributed by atoms with Gasteiger partial charge in [0.15, 0.2) is 6.10 Å². The molecule has 0 saturated heterocycles. The van der Waals surface area contributed by atoms with Gasteiger partial charge in [-0.25, -0.2) is 0 Å². The molecule has 116 valence electrons. The highest BCUT2D eigenvalue weighted by atomic mass is 79.9. The van der Waals surface area contributed by atoms with Crippen LogP contribution >= 0.6 is 39.1 Å². The summed E-state index contributed by atoms with van der Waals surface area (Å²) < 4.78 is 6.54. The molecule has 0 spiro atoms. The van der Waals surface area contributed by atoms with Crippen molar-refractivity contribution in [2.24, 2.45) is 0 Å². The highest BCUT2D eigenvalue weighted by Crippen LogP contribution is 2.21. The summed E-state index contributed by atoms with van der Waals surface area (Å²) in [4.78, 5) is 12.1. The van der Waals surface area contributed by atoms with E-state index in [0.29, 0.717) is 22.3 Å². The Bertz CT molecular complexity index is 662. The smallest absolute Gasteiger partial charge is 0.261 e. The molecule has 0 heterocycles. The van der Waals surface area contributed by atoms with Crippen molar-refractivity contribution in [3.05, 3.63) is 62.5 Å². The average molecular weight is 403 g/mol. The second-order valence-corrected chi connectivity index (χ2v) is 6.43. The van der Waals surface area contributed by atoms with E-state index in [1.54, 1.807) is 37.3 Å². The molecular formula is C16H14BrCl2NO2. The van der Waals surface area contributed by atoms with Crippen molar-refractivity contribution >= 4 is 45.0 Å². The van der Waals surface area contributed by atoms with Crippen LogP contribution in [0.1, 0.15) is 12.5 Å². The van der Waals surface area contributed by atoms with Gasteiger partial charge in [-0.1, -0.05) is 45.2 Å². The zero-order valence-electron chi connectivity index (χ0n) is 11.8. The van der Waals surface area contributed by atoms with Crippen LogP contribution in [0.25, 0.3) is 0 Å². The van der Waals surface area contributed by atoms with Gasteiger partial charge in [0.25, 0.3) is 5.91 Å². The Morgan fingerprint density at radius 3 is 2.55 bits per heavy atom. The molecule has 0 unspecified atom stereocenters. The van der Waals surface area contributed by atoms with Crippen molar-refractivity contribution in [3.63, 3.8) is 0 Å². The number of rotatable bonds is 5. The van der Waals surface area contributed by atoms with Gasteiger partial charge >= 0.3 is 0 Å². The van der Waals surface area contributed by atoms with Gasteiger partial charge in [0.1, 0.15) is 5.75 Å². The lowest BCUT2D eigenvalue weighted by Crippen LogP contribution is -2.35. The third-order valence-electron chi connectivity index (χ3n) is 2.96. The van der Waals surface area contributed by atoms with Crippen molar-refractivity contribution in [1.29, 1.82) is 0 Å². The van der Waals surface area contributed by atoms with Gasteiger partial charge in [0.2, 0.25) is 0 Å². The van der Waals surface area contributed by atoms with E-state index in [9.17, 15) is 4.79 Å². The predicted octanol–water partition coefficient (Wildman–Crippen LogP) is 4.84. The molecule has 0 aromatic heterocycles. The van der Waals surface area contributed by atoms with Crippen LogP contribution in [0.4, 0.5) is 0 Å². The number of carbonyl (C=O) groups is 1. The van der Waals surface area contributed by atoms with Gasteiger partial charge in [0, 0.05) is 21.1 Å². The van der Waals surface area contributed by atoms with Crippen LogP contribution in [0.5, 0.6) is 5.75 Å². The van der Waals surface area contributed by atoms with E-state index in [-0.39, 0.29) is 5.91 Å². The summed E-state index contributed by atoms with van der Waals surface area (Å²) in [5.41, 5.74) is 0.801. The summed E-state index contributed by atoms with van der Waals surface area (Å²) in [6.45, 7) is 2.02. The summed E-state index contributed by atoms with van der Waals surface area (Å²) in [6, 6.07) is 12.5. The van der Waals surface area contributed by atoms with E-state index in [0.717, 1.165) is 10.0 Å². The molecule has 22 heavy (non-hydrogen) atoms. The Balaban J connectivity index is 1.89.